The molecule has 0 amide bonds. The molecular weight excluding hydrogens is 381 g/mol. The van der Waals surface area contributed by atoms with E-state index in [9.17, 15) is 13.2 Å². The van der Waals surface area contributed by atoms with Gasteiger partial charge in [0, 0.05) is 43.1 Å². The van der Waals surface area contributed by atoms with Crippen molar-refractivity contribution in [2.24, 2.45) is 0 Å². The van der Waals surface area contributed by atoms with E-state index in [1.54, 1.807) is 14.0 Å². The van der Waals surface area contributed by atoms with Gasteiger partial charge in [0.2, 0.25) is 0 Å². The second-order valence-electron chi connectivity index (χ2n) is 7.77. The normalized spacial score (nSPS) is 21.0. The third-order valence-corrected chi connectivity index (χ3v) is 6.03. The number of methoxy groups -OCH3 is 1. The van der Waals surface area contributed by atoms with Gasteiger partial charge in [-0.15, -0.1) is 0 Å². The van der Waals surface area contributed by atoms with E-state index in [1.165, 1.54) is 18.5 Å². The molecule has 1 N–H and O–H groups in total. The molecule has 0 unspecified atom stereocenters. The molecule has 0 spiro atoms. The van der Waals surface area contributed by atoms with Crippen molar-refractivity contribution in [1.29, 1.82) is 0 Å². The van der Waals surface area contributed by atoms with Crippen LogP contribution in [0.25, 0.3) is 0 Å². The van der Waals surface area contributed by atoms with Gasteiger partial charge in [-0.3, -0.25) is 4.90 Å². The Hall–Kier alpha value is -2.19. The molecule has 4 rings (SSSR count). The summed E-state index contributed by atoms with van der Waals surface area (Å²) in [7, 11) is 1.73. The predicted octanol–water partition coefficient (Wildman–Crippen LogP) is 3.91. The molecule has 8 heteroatoms. The minimum Gasteiger partial charge on any atom is -0.379 e. The van der Waals surface area contributed by atoms with Crippen molar-refractivity contribution in [3.8, 4) is 0 Å². The van der Waals surface area contributed by atoms with E-state index < -0.39 is 23.8 Å². The molecule has 2 aliphatic rings. The maximum Gasteiger partial charge on any atom is 0.266 e. The number of fused-ring (bicyclic) bond motifs is 1. The first-order valence-electron chi connectivity index (χ1n) is 9.90. The highest BCUT2D eigenvalue weighted by Crippen LogP contribution is 2.33. The molecule has 2 atom stereocenters. The first-order chi connectivity index (χ1) is 14.0. The van der Waals surface area contributed by atoms with E-state index in [4.69, 9.17) is 4.74 Å². The number of halogens is 3. The average molecular weight is 406 g/mol. The summed E-state index contributed by atoms with van der Waals surface area (Å²) in [5.74, 6) is -0.215. The van der Waals surface area contributed by atoms with Crippen LogP contribution in [-0.4, -0.2) is 47.2 Å². The first kappa shape index (κ1) is 20.1. The summed E-state index contributed by atoms with van der Waals surface area (Å²) in [6.07, 6.45) is 1.65. The Labute approximate surface area is 168 Å². The lowest BCUT2D eigenvalue weighted by Crippen LogP contribution is -2.57. The summed E-state index contributed by atoms with van der Waals surface area (Å²) in [4.78, 5) is 11.2. The SMILES string of the molecule is COC1CN([C@H]2CCc3ncnc(N[C@H](C)c4cccc(C(F)F)c4F)c3C2)C1. The number of nitrogens with one attached hydrogen (secondary N) is 1. The molecule has 5 nitrogen and oxygen atoms in total. The van der Waals surface area contributed by atoms with Crippen LogP contribution in [0.4, 0.5) is 19.0 Å². The third-order valence-electron chi connectivity index (χ3n) is 6.03. The van der Waals surface area contributed by atoms with E-state index in [2.05, 4.69) is 20.2 Å². The number of nitrogens with zero attached hydrogens (tertiary/aromatic N) is 3. The molecule has 1 aromatic carbocycles. The van der Waals surface area contributed by atoms with Crippen LogP contribution in [0, 0.1) is 5.82 Å². The number of hydrogen-bond donors (Lipinski definition) is 1. The smallest absolute Gasteiger partial charge is 0.266 e. The van der Waals surface area contributed by atoms with Crippen LogP contribution in [0.15, 0.2) is 24.5 Å². The maximum atomic E-state index is 14.5. The number of likely N-dealkylation sites (tertiary alicyclic amines) is 1. The summed E-state index contributed by atoms with van der Waals surface area (Å²) in [5, 5.41) is 3.23. The molecule has 2 heterocycles. The lowest BCUT2D eigenvalue weighted by molar-refractivity contribution is -0.0529. The minimum absolute atomic E-state index is 0.202. The van der Waals surface area contributed by atoms with Crippen LogP contribution in [0.2, 0.25) is 0 Å². The van der Waals surface area contributed by atoms with Crippen LogP contribution >= 0.6 is 0 Å². The van der Waals surface area contributed by atoms with Crippen molar-refractivity contribution >= 4 is 5.82 Å². The highest BCUT2D eigenvalue weighted by molar-refractivity contribution is 5.49. The zero-order valence-electron chi connectivity index (χ0n) is 16.5. The number of aryl methyl sites for hydroxylation is 1. The van der Waals surface area contributed by atoms with E-state index in [-0.39, 0.29) is 5.56 Å². The number of hydrogen-bond acceptors (Lipinski definition) is 5. The molecule has 1 aromatic heterocycles. The van der Waals surface area contributed by atoms with Crippen molar-refractivity contribution < 1.29 is 17.9 Å². The van der Waals surface area contributed by atoms with Crippen molar-refractivity contribution in [2.45, 2.75) is 50.8 Å². The summed E-state index contributed by atoms with van der Waals surface area (Å²) >= 11 is 0. The Bertz CT molecular complexity index is 873. The van der Waals surface area contributed by atoms with Gasteiger partial charge in [-0.2, -0.15) is 0 Å². The van der Waals surface area contributed by atoms with Crippen LogP contribution < -0.4 is 5.32 Å². The van der Waals surface area contributed by atoms with Gasteiger partial charge >= 0.3 is 0 Å². The summed E-state index contributed by atoms with van der Waals surface area (Å²) < 4.78 is 46.0. The van der Waals surface area contributed by atoms with Crippen molar-refractivity contribution in [3.05, 3.63) is 52.7 Å². The highest BCUT2D eigenvalue weighted by atomic mass is 19.3. The van der Waals surface area contributed by atoms with Crippen molar-refractivity contribution in [2.75, 3.05) is 25.5 Å². The third kappa shape index (κ3) is 3.96. The van der Waals surface area contributed by atoms with E-state index >= 15 is 0 Å². The first-order valence-corrected chi connectivity index (χ1v) is 9.90. The second-order valence-corrected chi connectivity index (χ2v) is 7.77. The summed E-state index contributed by atoms with van der Waals surface area (Å²) in [6.45, 7) is 3.60. The number of benzene rings is 1. The van der Waals surface area contributed by atoms with E-state index in [1.807, 2.05) is 0 Å². The van der Waals surface area contributed by atoms with Crippen LogP contribution in [-0.2, 0) is 17.6 Å². The monoisotopic (exact) mass is 406 g/mol. The topological polar surface area (TPSA) is 50.3 Å². The lowest BCUT2D eigenvalue weighted by Gasteiger charge is -2.45. The largest absolute Gasteiger partial charge is 0.379 e. The standard InChI is InChI=1S/C21H25F3N4O/c1-12(15-4-3-5-16(19(15)22)20(23)24)27-21-17-8-13(28-9-14(10-28)29-2)6-7-18(17)25-11-26-21/h3-5,11-14,20H,6-10H2,1-2H3,(H,25,26,27)/t12-,13+/m1/s1. The van der Waals surface area contributed by atoms with E-state index in [0.717, 1.165) is 49.7 Å². The van der Waals surface area contributed by atoms with Gasteiger partial charge in [-0.25, -0.2) is 23.1 Å². The second kappa shape index (κ2) is 8.28. The fourth-order valence-electron chi connectivity index (χ4n) is 4.23. The Kier molecular flexibility index (Phi) is 5.74. The van der Waals surface area contributed by atoms with Gasteiger partial charge in [0.1, 0.15) is 18.0 Å². The number of aromatic nitrogens is 2. The zero-order valence-corrected chi connectivity index (χ0v) is 16.5. The molecule has 2 aromatic rings. The molecule has 156 valence electrons. The lowest BCUT2D eigenvalue weighted by atomic mass is 9.89. The summed E-state index contributed by atoms with van der Waals surface area (Å²) in [5.41, 5.74) is 1.65. The van der Waals surface area contributed by atoms with Crippen molar-refractivity contribution in [3.63, 3.8) is 0 Å². The molecule has 0 saturated carbocycles. The fourth-order valence-corrected chi connectivity index (χ4v) is 4.23. The van der Waals surface area contributed by atoms with Gasteiger partial charge in [0.05, 0.1) is 17.7 Å². The quantitative estimate of drug-likeness (QED) is 0.788. The number of alkyl halides is 2. The Morgan fingerprint density at radius 2 is 1.97 bits per heavy atom. The maximum absolute atomic E-state index is 14.5. The molecule has 1 aliphatic heterocycles. The van der Waals surface area contributed by atoms with Crippen LogP contribution in [0.3, 0.4) is 0 Å². The molecule has 0 radical (unpaired) electrons. The number of ether oxygens (including phenoxy) is 1. The molecule has 29 heavy (non-hydrogen) atoms. The number of anilines is 1. The molecular formula is C21H25F3N4O. The van der Waals surface area contributed by atoms with Crippen LogP contribution in [0.5, 0.6) is 0 Å². The molecule has 1 aliphatic carbocycles. The Morgan fingerprint density at radius 3 is 2.69 bits per heavy atom. The Balaban J connectivity index is 1.53. The van der Waals surface area contributed by atoms with Crippen molar-refractivity contribution in [1.82, 2.24) is 14.9 Å². The van der Waals surface area contributed by atoms with Gasteiger partial charge in [0.25, 0.3) is 6.43 Å². The minimum atomic E-state index is -2.85. The molecule has 1 fully saturated rings. The highest BCUT2D eigenvalue weighted by Gasteiger charge is 2.35. The van der Waals surface area contributed by atoms with Gasteiger partial charge in [-0.05, 0) is 26.2 Å². The number of rotatable bonds is 6. The molecule has 0 bridgehead atoms. The molecule has 1 saturated heterocycles. The van der Waals surface area contributed by atoms with Gasteiger partial charge in [-0.1, -0.05) is 18.2 Å². The van der Waals surface area contributed by atoms with Crippen LogP contribution in [0.1, 0.15) is 48.2 Å². The zero-order chi connectivity index (χ0) is 20.5. The van der Waals surface area contributed by atoms with Gasteiger partial charge < -0.3 is 10.1 Å². The predicted molar refractivity (Wildman–Crippen MR) is 104 cm³/mol. The summed E-state index contributed by atoms with van der Waals surface area (Å²) in [6, 6.07) is 4.00. The fraction of sp³-hybridized carbons (Fsp3) is 0.524. The van der Waals surface area contributed by atoms with E-state index in [0.29, 0.717) is 18.0 Å². The Morgan fingerprint density at radius 1 is 1.21 bits per heavy atom. The average Bonchev–Trinajstić information content (AvgIpc) is 2.67. The van der Waals surface area contributed by atoms with Gasteiger partial charge in [0.15, 0.2) is 0 Å².